The number of rotatable bonds is 5. The van der Waals surface area contributed by atoms with Crippen LogP contribution in [0.15, 0.2) is 66.1 Å². The van der Waals surface area contributed by atoms with Crippen LogP contribution in [0.3, 0.4) is 0 Å². The zero-order chi connectivity index (χ0) is 22.1. The molecule has 160 valence electrons. The summed E-state index contributed by atoms with van der Waals surface area (Å²) >= 11 is 1.33. The Hall–Kier alpha value is -3.34. The molecule has 31 heavy (non-hydrogen) atoms. The van der Waals surface area contributed by atoms with Crippen molar-refractivity contribution in [2.45, 2.75) is 23.0 Å². The van der Waals surface area contributed by atoms with Crippen LogP contribution in [0.25, 0.3) is 0 Å². The lowest BCUT2D eigenvalue weighted by molar-refractivity contribution is -0.391. The van der Waals surface area contributed by atoms with Gasteiger partial charge in [0.1, 0.15) is 5.03 Å². The first-order valence-electron chi connectivity index (χ1n) is 8.81. The molecule has 0 radical (unpaired) electrons. The van der Waals surface area contributed by atoms with Crippen LogP contribution in [0.5, 0.6) is 11.5 Å². The molecule has 1 aromatic carbocycles. The van der Waals surface area contributed by atoms with Gasteiger partial charge in [-0.15, -0.1) is 11.8 Å². The van der Waals surface area contributed by atoms with Crippen LogP contribution >= 0.6 is 11.8 Å². The van der Waals surface area contributed by atoms with Crippen LogP contribution in [0.4, 0.5) is 23.2 Å². The van der Waals surface area contributed by atoms with Crippen LogP contribution in [0.2, 0.25) is 0 Å². The second-order valence-electron chi connectivity index (χ2n) is 6.35. The summed E-state index contributed by atoms with van der Waals surface area (Å²) in [7, 11) is 0. The van der Waals surface area contributed by atoms with Crippen molar-refractivity contribution >= 4 is 23.4 Å². The third kappa shape index (κ3) is 4.41. The molecule has 6 nitrogen and oxygen atoms in total. The van der Waals surface area contributed by atoms with Crippen molar-refractivity contribution < 1.29 is 31.8 Å². The fourth-order valence-corrected chi connectivity index (χ4v) is 3.60. The van der Waals surface area contributed by atoms with E-state index < -0.39 is 29.6 Å². The van der Waals surface area contributed by atoms with E-state index in [1.54, 1.807) is 24.5 Å². The summed E-state index contributed by atoms with van der Waals surface area (Å²) in [4.78, 5) is 20.9. The SMILES string of the molecule is O=C(Nc1ccc2c(c1)OC(F)(F)C(F)(F)O2)c1cccnc1SCc1ccncc1. The lowest BCUT2D eigenvalue weighted by Gasteiger charge is -2.31. The van der Waals surface area contributed by atoms with Gasteiger partial charge < -0.3 is 14.8 Å². The highest BCUT2D eigenvalue weighted by atomic mass is 32.2. The van der Waals surface area contributed by atoms with Crippen molar-refractivity contribution in [3.05, 3.63) is 72.2 Å². The zero-order valence-corrected chi connectivity index (χ0v) is 16.3. The van der Waals surface area contributed by atoms with Crippen LogP contribution in [0, 0.1) is 0 Å². The minimum Gasteiger partial charge on any atom is -0.421 e. The largest absolute Gasteiger partial charge is 0.507 e. The van der Waals surface area contributed by atoms with E-state index in [-0.39, 0.29) is 11.3 Å². The van der Waals surface area contributed by atoms with E-state index in [1.165, 1.54) is 24.0 Å². The first-order valence-corrected chi connectivity index (χ1v) is 9.79. The van der Waals surface area contributed by atoms with Gasteiger partial charge in [-0.05, 0) is 42.0 Å². The van der Waals surface area contributed by atoms with Crippen molar-refractivity contribution in [1.29, 1.82) is 0 Å². The second-order valence-corrected chi connectivity index (χ2v) is 7.32. The Kier molecular flexibility index (Phi) is 5.44. The molecule has 0 fully saturated rings. The van der Waals surface area contributed by atoms with Crippen LogP contribution in [0.1, 0.15) is 15.9 Å². The van der Waals surface area contributed by atoms with Gasteiger partial charge in [-0.25, -0.2) is 4.98 Å². The molecule has 3 aromatic rings. The predicted octanol–water partition coefficient (Wildman–Crippen LogP) is 4.98. The molecule has 1 aliphatic rings. The molecule has 0 spiro atoms. The molecule has 0 saturated carbocycles. The molecule has 3 heterocycles. The summed E-state index contributed by atoms with van der Waals surface area (Å²) in [6.45, 7) is 0. The molecular formula is C20H13F4N3O3S. The zero-order valence-electron chi connectivity index (χ0n) is 15.5. The van der Waals surface area contributed by atoms with Gasteiger partial charge >= 0.3 is 12.2 Å². The van der Waals surface area contributed by atoms with E-state index in [0.29, 0.717) is 10.8 Å². The Morgan fingerprint density at radius 2 is 1.68 bits per heavy atom. The van der Waals surface area contributed by atoms with Crippen molar-refractivity contribution in [3.63, 3.8) is 0 Å². The van der Waals surface area contributed by atoms with E-state index in [9.17, 15) is 22.4 Å². The standard InChI is InChI=1S/C20H13F4N3O3S/c21-19(22)20(23,24)30-16-10-13(3-4-15(16)29-19)27-17(28)14-2-1-7-26-18(14)31-11-12-5-8-25-9-6-12/h1-10H,11H2,(H,27,28). The quantitative estimate of drug-likeness (QED) is 0.436. The van der Waals surface area contributed by atoms with Gasteiger partial charge in [-0.2, -0.15) is 17.6 Å². The summed E-state index contributed by atoms with van der Waals surface area (Å²) in [5.41, 5.74) is 1.30. The van der Waals surface area contributed by atoms with Gasteiger partial charge in [-0.3, -0.25) is 9.78 Å². The smallest absolute Gasteiger partial charge is 0.421 e. The normalized spacial score (nSPS) is 15.9. The van der Waals surface area contributed by atoms with Gasteiger partial charge in [0.25, 0.3) is 5.91 Å². The molecule has 0 bridgehead atoms. The number of nitrogens with one attached hydrogen (secondary N) is 1. The number of alkyl halides is 4. The number of thioether (sulfide) groups is 1. The highest BCUT2D eigenvalue weighted by Crippen LogP contribution is 2.47. The van der Waals surface area contributed by atoms with Crippen molar-refractivity contribution in [2.75, 3.05) is 5.32 Å². The minimum atomic E-state index is -4.84. The van der Waals surface area contributed by atoms with Gasteiger partial charge in [-0.1, -0.05) is 0 Å². The average molecular weight is 451 g/mol. The number of hydrogen-bond donors (Lipinski definition) is 1. The van der Waals surface area contributed by atoms with Crippen molar-refractivity contribution in [3.8, 4) is 11.5 Å². The molecular weight excluding hydrogens is 438 g/mol. The fraction of sp³-hybridized carbons (Fsp3) is 0.150. The van der Waals surface area contributed by atoms with Gasteiger partial charge in [0, 0.05) is 36.1 Å². The highest BCUT2D eigenvalue weighted by Gasteiger charge is 2.65. The summed E-state index contributed by atoms with van der Waals surface area (Å²) in [5, 5.41) is 2.98. The van der Waals surface area contributed by atoms with Gasteiger partial charge in [0.05, 0.1) is 5.56 Å². The number of amides is 1. The van der Waals surface area contributed by atoms with Gasteiger partial charge in [0.2, 0.25) is 0 Å². The Bertz CT molecular complexity index is 1120. The van der Waals surface area contributed by atoms with Gasteiger partial charge in [0.15, 0.2) is 11.5 Å². The number of nitrogens with zero attached hydrogens (tertiary/aromatic N) is 2. The topological polar surface area (TPSA) is 73.3 Å². The van der Waals surface area contributed by atoms with Crippen molar-refractivity contribution in [1.82, 2.24) is 9.97 Å². The molecule has 0 atom stereocenters. The average Bonchev–Trinajstić information content (AvgIpc) is 2.74. The summed E-state index contributed by atoms with van der Waals surface area (Å²) < 4.78 is 61.4. The Morgan fingerprint density at radius 1 is 0.968 bits per heavy atom. The Balaban J connectivity index is 1.51. The third-order valence-corrected chi connectivity index (χ3v) is 5.23. The number of carbonyl (C=O) groups is 1. The molecule has 2 aromatic heterocycles. The fourth-order valence-electron chi connectivity index (χ4n) is 2.65. The number of benzene rings is 1. The summed E-state index contributed by atoms with van der Waals surface area (Å²) in [5.74, 6) is -1.19. The number of ether oxygens (including phenoxy) is 2. The number of fused-ring (bicyclic) bond motifs is 1. The lowest BCUT2D eigenvalue weighted by atomic mass is 10.2. The van der Waals surface area contributed by atoms with E-state index in [0.717, 1.165) is 17.7 Å². The number of carbonyl (C=O) groups excluding carboxylic acids is 1. The first-order chi connectivity index (χ1) is 14.7. The third-order valence-electron chi connectivity index (χ3n) is 4.16. The minimum absolute atomic E-state index is 0.0577. The lowest BCUT2D eigenvalue weighted by Crippen LogP contribution is -2.52. The molecule has 0 unspecified atom stereocenters. The van der Waals surface area contributed by atoms with E-state index in [4.69, 9.17) is 0 Å². The maximum absolute atomic E-state index is 13.4. The Morgan fingerprint density at radius 3 is 2.42 bits per heavy atom. The summed E-state index contributed by atoms with van der Waals surface area (Å²) in [6.07, 6.45) is -4.80. The maximum Gasteiger partial charge on any atom is 0.507 e. The molecule has 1 N–H and O–H groups in total. The van der Waals surface area contributed by atoms with E-state index in [2.05, 4.69) is 24.8 Å². The number of anilines is 1. The van der Waals surface area contributed by atoms with Crippen LogP contribution in [-0.4, -0.2) is 28.1 Å². The maximum atomic E-state index is 13.4. The molecule has 0 aliphatic carbocycles. The van der Waals surface area contributed by atoms with E-state index in [1.807, 2.05) is 12.1 Å². The highest BCUT2D eigenvalue weighted by molar-refractivity contribution is 7.98. The molecule has 1 amide bonds. The number of aromatic nitrogens is 2. The Labute approximate surface area is 177 Å². The molecule has 0 saturated heterocycles. The predicted molar refractivity (Wildman–Crippen MR) is 104 cm³/mol. The van der Waals surface area contributed by atoms with Crippen molar-refractivity contribution in [2.24, 2.45) is 0 Å². The monoisotopic (exact) mass is 451 g/mol. The van der Waals surface area contributed by atoms with E-state index >= 15 is 0 Å². The van der Waals surface area contributed by atoms with Crippen LogP contribution in [-0.2, 0) is 5.75 Å². The molecule has 4 rings (SSSR count). The second kappa shape index (κ2) is 8.06. The number of hydrogen-bond acceptors (Lipinski definition) is 6. The molecule has 1 aliphatic heterocycles. The number of halogens is 4. The first kappa shape index (κ1) is 20.9. The van der Waals surface area contributed by atoms with Crippen LogP contribution < -0.4 is 14.8 Å². The molecule has 11 heteroatoms. The number of pyridine rings is 2. The summed E-state index contributed by atoms with van der Waals surface area (Å²) in [6, 6.07) is 10.0.